The van der Waals surface area contributed by atoms with Gasteiger partial charge in [0.15, 0.2) is 0 Å². The van der Waals surface area contributed by atoms with Crippen LogP contribution in [0.2, 0.25) is 5.02 Å². The van der Waals surface area contributed by atoms with E-state index in [0.717, 1.165) is 50.1 Å². The van der Waals surface area contributed by atoms with Gasteiger partial charge in [-0.1, -0.05) is 23.7 Å². The molecule has 1 aliphatic carbocycles. The number of carbonyl (C=O) groups excluding carboxylic acids is 1. The van der Waals surface area contributed by atoms with Gasteiger partial charge in [0.2, 0.25) is 5.91 Å². The highest BCUT2D eigenvalue weighted by Crippen LogP contribution is 2.41. The highest BCUT2D eigenvalue weighted by molar-refractivity contribution is 6.30. The minimum atomic E-state index is 0.0319. The largest absolute Gasteiger partial charge is 0.340 e. The number of rotatable bonds is 3. The highest BCUT2D eigenvalue weighted by Gasteiger charge is 2.39. The van der Waals surface area contributed by atoms with Crippen LogP contribution in [0.5, 0.6) is 0 Å². The first kappa shape index (κ1) is 14.9. The maximum atomic E-state index is 11.9. The summed E-state index contributed by atoms with van der Waals surface area (Å²) in [5.74, 6) is 0.336. The van der Waals surface area contributed by atoms with Gasteiger partial charge in [0, 0.05) is 36.0 Å². The third-order valence-electron chi connectivity index (χ3n) is 5.29. The molecule has 1 aromatic rings. The van der Waals surface area contributed by atoms with Crippen molar-refractivity contribution < 1.29 is 4.79 Å². The van der Waals surface area contributed by atoms with E-state index in [4.69, 9.17) is 17.3 Å². The van der Waals surface area contributed by atoms with Crippen LogP contribution >= 0.6 is 11.6 Å². The first-order chi connectivity index (χ1) is 10.1. The van der Waals surface area contributed by atoms with Crippen molar-refractivity contribution in [3.8, 4) is 0 Å². The van der Waals surface area contributed by atoms with Crippen molar-refractivity contribution in [2.24, 2.45) is 5.73 Å². The second kappa shape index (κ2) is 5.98. The van der Waals surface area contributed by atoms with Crippen LogP contribution in [0.1, 0.15) is 44.1 Å². The molecule has 114 valence electrons. The lowest BCUT2D eigenvalue weighted by Crippen LogP contribution is -2.45. The molecule has 2 aliphatic rings. The van der Waals surface area contributed by atoms with Gasteiger partial charge in [0.25, 0.3) is 0 Å². The molecule has 0 aromatic heterocycles. The zero-order chi connectivity index (χ0) is 14.9. The Bertz CT molecular complexity index is 523. The molecular formula is C17H23ClN2O. The maximum absolute atomic E-state index is 11.9. The third kappa shape index (κ3) is 2.82. The lowest BCUT2D eigenvalue weighted by molar-refractivity contribution is -0.130. The Morgan fingerprint density at radius 2 is 2.10 bits per heavy atom. The molecule has 3 nitrogen and oxygen atoms in total. The summed E-state index contributed by atoms with van der Waals surface area (Å²) in [5.41, 5.74) is 7.41. The van der Waals surface area contributed by atoms with Crippen molar-refractivity contribution in [1.29, 1.82) is 0 Å². The third-order valence-corrected chi connectivity index (χ3v) is 5.53. The molecule has 1 saturated heterocycles. The Morgan fingerprint density at radius 1 is 1.33 bits per heavy atom. The number of nitrogens with two attached hydrogens (primary N) is 1. The number of amides is 1. The molecule has 21 heavy (non-hydrogen) atoms. The van der Waals surface area contributed by atoms with Crippen molar-refractivity contribution in [3.05, 3.63) is 34.9 Å². The number of hydrogen-bond donors (Lipinski definition) is 1. The monoisotopic (exact) mass is 306 g/mol. The maximum Gasteiger partial charge on any atom is 0.222 e. The number of hydrogen-bond acceptors (Lipinski definition) is 2. The van der Waals surface area contributed by atoms with Crippen LogP contribution in [-0.2, 0) is 10.2 Å². The molecule has 1 aliphatic heterocycles. The second-order valence-corrected chi connectivity index (χ2v) is 6.85. The molecule has 0 atom stereocenters. The van der Waals surface area contributed by atoms with Crippen LogP contribution in [0.4, 0.5) is 0 Å². The predicted molar refractivity (Wildman–Crippen MR) is 85.4 cm³/mol. The first-order valence-corrected chi connectivity index (χ1v) is 8.28. The van der Waals surface area contributed by atoms with E-state index in [1.165, 1.54) is 5.56 Å². The minimum absolute atomic E-state index is 0.0319. The average Bonchev–Trinajstić information content (AvgIpc) is 2.93. The lowest BCUT2D eigenvalue weighted by atomic mass is 9.68. The number of halogens is 1. The Hall–Kier alpha value is -1.06. The molecule has 1 saturated carbocycles. The molecule has 1 heterocycles. The normalized spacial score (nSPS) is 29.9. The molecule has 0 spiro atoms. The fourth-order valence-corrected chi connectivity index (χ4v) is 4.14. The standard InChI is InChI=1S/C17H23ClN2O/c18-14-4-1-3-13(11-14)17(12-19)8-6-15(7-9-17)20-10-2-5-16(20)21/h1,3-4,11,15H,2,5-10,12,19H2/t15-,17+. The van der Waals surface area contributed by atoms with Gasteiger partial charge in [-0.15, -0.1) is 0 Å². The zero-order valence-electron chi connectivity index (χ0n) is 12.4. The van der Waals surface area contributed by atoms with Gasteiger partial charge in [0.05, 0.1) is 0 Å². The molecule has 3 rings (SSSR count). The van der Waals surface area contributed by atoms with E-state index in [1.54, 1.807) is 0 Å². The van der Waals surface area contributed by atoms with Gasteiger partial charge in [-0.25, -0.2) is 0 Å². The van der Waals surface area contributed by atoms with Crippen molar-refractivity contribution in [1.82, 2.24) is 4.90 Å². The number of nitrogens with zero attached hydrogens (tertiary/aromatic N) is 1. The molecule has 0 unspecified atom stereocenters. The van der Waals surface area contributed by atoms with E-state index in [0.29, 0.717) is 18.5 Å². The lowest BCUT2D eigenvalue weighted by Gasteiger charge is -2.42. The number of carbonyl (C=O) groups is 1. The van der Waals surface area contributed by atoms with Crippen LogP contribution in [-0.4, -0.2) is 29.9 Å². The topological polar surface area (TPSA) is 46.3 Å². The fourth-order valence-electron chi connectivity index (χ4n) is 3.95. The summed E-state index contributed by atoms with van der Waals surface area (Å²) in [6, 6.07) is 8.52. The van der Waals surface area contributed by atoms with E-state index in [-0.39, 0.29) is 5.41 Å². The Balaban J connectivity index is 1.74. The molecule has 0 bridgehead atoms. The quantitative estimate of drug-likeness (QED) is 0.932. The summed E-state index contributed by atoms with van der Waals surface area (Å²) in [4.78, 5) is 14.0. The van der Waals surface area contributed by atoms with Crippen LogP contribution in [0, 0.1) is 0 Å². The summed E-state index contributed by atoms with van der Waals surface area (Å²) in [6.45, 7) is 1.59. The summed E-state index contributed by atoms with van der Waals surface area (Å²) < 4.78 is 0. The van der Waals surface area contributed by atoms with E-state index in [2.05, 4.69) is 17.0 Å². The van der Waals surface area contributed by atoms with Crippen LogP contribution in [0.3, 0.4) is 0 Å². The first-order valence-electron chi connectivity index (χ1n) is 7.90. The molecule has 1 aromatic carbocycles. The van der Waals surface area contributed by atoms with E-state index in [9.17, 15) is 4.79 Å². The number of likely N-dealkylation sites (tertiary alicyclic amines) is 1. The van der Waals surface area contributed by atoms with Crippen molar-refractivity contribution in [2.45, 2.75) is 50.0 Å². The van der Waals surface area contributed by atoms with Gasteiger partial charge in [-0.2, -0.15) is 0 Å². The van der Waals surface area contributed by atoms with Gasteiger partial charge in [-0.3, -0.25) is 4.79 Å². The predicted octanol–water partition coefficient (Wildman–Crippen LogP) is 3.10. The fraction of sp³-hybridized carbons (Fsp3) is 0.588. The Morgan fingerprint density at radius 3 is 2.67 bits per heavy atom. The zero-order valence-corrected chi connectivity index (χ0v) is 13.1. The summed E-state index contributed by atoms with van der Waals surface area (Å²) in [7, 11) is 0. The Kier molecular flexibility index (Phi) is 4.23. The molecule has 0 radical (unpaired) electrons. The summed E-state index contributed by atoms with van der Waals surface area (Å²) in [6.07, 6.45) is 5.93. The van der Waals surface area contributed by atoms with E-state index >= 15 is 0 Å². The summed E-state index contributed by atoms with van der Waals surface area (Å²) in [5, 5.41) is 0.775. The van der Waals surface area contributed by atoms with Crippen molar-refractivity contribution >= 4 is 17.5 Å². The summed E-state index contributed by atoms with van der Waals surface area (Å²) >= 11 is 6.14. The second-order valence-electron chi connectivity index (χ2n) is 6.42. The molecular weight excluding hydrogens is 284 g/mol. The minimum Gasteiger partial charge on any atom is -0.340 e. The molecule has 2 N–H and O–H groups in total. The van der Waals surface area contributed by atoms with Gasteiger partial charge < -0.3 is 10.6 Å². The van der Waals surface area contributed by atoms with E-state index < -0.39 is 0 Å². The van der Waals surface area contributed by atoms with Crippen LogP contribution in [0.25, 0.3) is 0 Å². The van der Waals surface area contributed by atoms with Crippen LogP contribution in [0.15, 0.2) is 24.3 Å². The van der Waals surface area contributed by atoms with Crippen molar-refractivity contribution in [3.63, 3.8) is 0 Å². The molecule has 2 fully saturated rings. The van der Waals surface area contributed by atoms with Gasteiger partial charge in [0.1, 0.15) is 0 Å². The SMILES string of the molecule is NC[C@]1(c2cccc(Cl)c2)CC[C@@H](N2CCCC2=O)CC1. The molecule has 1 amide bonds. The highest BCUT2D eigenvalue weighted by atomic mass is 35.5. The average molecular weight is 307 g/mol. The number of benzene rings is 1. The van der Waals surface area contributed by atoms with Gasteiger partial charge in [-0.05, 0) is 49.8 Å². The molecule has 4 heteroatoms. The smallest absolute Gasteiger partial charge is 0.222 e. The Labute approximate surface area is 131 Å². The van der Waals surface area contributed by atoms with E-state index in [1.807, 2.05) is 12.1 Å². The van der Waals surface area contributed by atoms with Crippen LogP contribution < -0.4 is 5.73 Å². The van der Waals surface area contributed by atoms with Gasteiger partial charge >= 0.3 is 0 Å². The van der Waals surface area contributed by atoms with Crippen molar-refractivity contribution in [2.75, 3.05) is 13.1 Å².